The van der Waals surface area contributed by atoms with Crippen molar-refractivity contribution in [2.45, 2.75) is 19.9 Å². The fourth-order valence-corrected chi connectivity index (χ4v) is 2.39. The Balaban J connectivity index is 1.57. The van der Waals surface area contributed by atoms with E-state index < -0.39 is 0 Å². The Kier molecular flexibility index (Phi) is 4.28. The lowest BCUT2D eigenvalue weighted by Crippen LogP contribution is -2.26. The summed E-state index contributed by atoms with van der Waals surface area (Å²) in [6.45, 7) is 2.47. The number of amides is 2. The van der Waals surface area contributed by atoms with Gasteiger partial charge in [-0.3, -0.25) is 9.59 Å². The van der Waals surface area contributed by atoms with Crippen LogP contribution in [-0.2, 0) is 22.6 Å². The Morgan fingerprint density at radius 1 is 1.17 bits per heavy atom. The molecule has 0 bridgehead atoms. The van der Waals surface area contributed by atoms with Gasteiger partial charge in [0.1, 0.15) is 5.75 Å². The van der Waals surface area contributed by atoms with Gasteiger partial charge in [0, 0.05) is 6.54 Å². The second-order valence-electron chi connectivity index (χ2n) is 5.61. The predicted molar refractivity (Wildman–Crippen MR) is 87.3 cm³/mol. The maximum atomic E-state index is 12.0. The normalized spacial score (nSPS) is 12.8. The molecule has 0 saturated heterocycles. The molecule has 0 fully saturated rings. The van der Waals surface area contributed by atoms with E-state index in [0.717, 1.165) is 11.1 Å². The third-order valence-corrected chi connectivity index (χ3v) is 3.65. The number of anilines is 1. The number of carbonyl (C=O) groups excluding carboxylic acids is 2. The molecule has 1 aliphatic heterocycles. The number of fused-ring (bicyclic) bond motifs is 1. The number of nitrogens with one attached hydrogen (secondary N) is 2. The number of carbonyl (C=O) groups is 2. The van der Waals surface area contributed by atoms with Gasteiger partial charge in [0.2, 0.25) is 5.91 Å². The first-order chi connectivity index (χ1) is 11.1. The van der Waals surface area contributed by atoms with E-state index in [9.17, 15) is 9.59 Å². The highest BCUT2D eigenvalue weighted by Gasteiger charge is 2.15. The molecule has 3 rings (SSSR count). The van der Waals surface area contributed by atoms with Gasteiger partial charge in [-0.15, -0.1) is 0 Å². The SMILES string of the molecule is Cc1ccc(CC(=O)NCc2ccc3c(c2)NC(=O)CO3)cc1. The van der Waals surface area contributed by atoms with Gasteiger partial charge in [0.25, 0.3) is 5.91 Å². The lowest BCUT2D eigenvalue weighted by Gasteiger charge is -2.18. The topological polar surface area (TPSA) is 67.4 Å². The molecule has 5 heteroatoms. The Labute approximate surface area is 134 Å². The fraction of sp³-hybridized carbons (Fsp3) is 0.222. The van der Waals surface area contributed by atoms with Crippen molar-refractivity contribution in [2.24, 2.45) is 0 Å². The quantitative estimate of drug-likeness (QED) is 0.909. The minimum Gasteiger partial charge on any atom is -0.482 e. The number of hydrogen-bond acceptors (Lipinski definition) is 3. The van der Waals surface area contributed by atoms with E-state index >= 15 is 0 Å². The maximum absolute atomic E-state index is 12.0. The van der Waals surface area contributed by atoms with Gasteiger partial charge in [-0.1, -0.05) is 35.9 Å². The Morgan fingerprint density at radius 3 is 2.70 bits per heavy atom. The van der Waals surface area contributed by atoms with Gasteiger partial charge in [-0.2, -0.15) is 0 Å². The fourth-order valence-electron chi connectivity index (χ4n) is 2.39. The van der Waals surface area contributed by atoms with Gasteiger partial charge >= 0.3 is 0 Å². The second kappa shape index (κ2) is 6.52. The van der Waals surface area contributed by atoms with Crippen molar-refractivity contribution in [1.82, 2.24) is 5.32 Å². The van der Waals surface area contributed by atoms with E-state index in [1.54, 1.807) is 6.07 Å². The summed E-state index contributed by atoms with van der Waals surface area (Å²) in [7, 11) is 0. The molecule has 1 aliphatic rings. The molecule has 0 aliphatic carbocycles. The van der Waals surface area contributed by atoms with E-state index in [-0.39, 0.29) is 18.4 Å². The van der Waals surface area contributed by atoms with Crippen LogP contribution in [0.2, 0.25) is 0 Å². The van der Waals surface area contributed by atoms with Gasteiger partial charge < -0.3 is 15.4 Å². The van der Waals surface area contributed by atoms with Gasteiger partial charge in [0.15, 0.2) is 6.61 Å². The molecule has 2 amide bonds. The smallest absolute Gasteiger partial charge is 0.262 e. The van der Waals surface area contributed by atoms with Crippen LogP contribution < -0.4 is 15.4 Å². The third-order valence-electron chi connectivity index (χ3n) is 3.65. The molecule has 118 valence electrons. The van der Waals surface area contributed by atoms with Gasteiger partial charge in [-0.25, -0.2) is 0 Å². The predicted octanol–water partition coefficient (Wildman–Crippen LogP) is 2.18. The summed E-state index contributed by atoms with van der Waals surface area (Å²) >= 11 is 0. The number of aryl methyl sites for hydroxylation is 1. The Bertz CT molecular complexity index is 738. The van der Waals surface area contributed by atoms with Crippen LogP contribution in [0.1, 0.15) is 16.7 Å². The van der Waals surface area contributed by atoms with Crippen LogP contribution in [0, 0.1) is 6.92 Å². The van der Waals surface area contributed by atoms with Crippen LogP contribution in [-0.4, -0.2) is 18.4 Å². The molecular weight excluding hydrogens is 292 g/mol. The summed E-state index contributed by atoms with van der Waals surface area (Å²) in [5.74, 6) is 0.448. The van der Waals surface area contributed by atoms with Crippen molar-refractivity contribution in [3.63, 3.8) is 0 Å². The van der Waals surface area contributed by atoms with Gasteiger partial charge in [-0.05, 0) is 30.2 Å². The molecule has 1 heterocycles. The molecule has 2 aromatic rings. The van der Waals surface area contributed by atoms with Crippen molar-refractivity contribution in [1.29, 1.82) is 0 Å². The van der Waals surface area contributed by atoms with Crippen molar-refractivity contribution >= 4 is 17.5 Å². The van der Waals surface area contributed by atoms with E-state index in [1.165, 1.54) is 5.56 Å². The van der Waals surface area contributed by atoms with E-state index in [1.807, 2.05) is 43.3 Å². The largest absolute Gasteiger partial charge is 0.482 e. The zero-order valence-corrected chi connectivity index (χ0v) is 12.9. The first-order valence-electron chi connectivity index (χ1n) is 7.48. The minimum absolute atomic E-state index is 0.0353. The van der Waals surface area contributed by atoms with Crippen LogP contribution >= 0.6 is 0 Å². The summed E-state index contributed by atoms with van der Waals surface area (Å²) in [6.07, 6.45) is 0.352. The molecule has 23 heavy (non-hydrogen) atoms. The summed E-state index contributed by atoms with van der Waals surface area (Å²) < 4.78 is 5.31. The highest BCUT2D eigenvalue weighted by molar-refractivity contribution is 5.95. The molecule has 0 radical (unpaired) electrons. The zero-order chi connectivity index (χ0) is 16.2. The summed E-state index contributed by atoms with van der Waals surface area (Å²) in [5.41, 5.74) is 3.71. The summed E-state index contributed by atoms with van der Waals surface area (Å²) in [5, 5.41) is 5.64. The zero-order valence-electron chi connectivity index (χ0n) is 12.9. The monoisotopic (exact) mass is 310 g/mol. The van der Waals surface area contributed by atoms with E-state index in [0.29, 0.717) is 24.4 Å². The average Bonchev–Trinajstić information content (AvgIpc) is 2.54. The molecule has 5 nitrogen and oxygen atoms in total. The number of ether oxygens (including phenoxy) is 1. The standard InChI is InChI=1S/C18H18N2O3/c1-12-2-4-13(5-3-12)9-17(21)19-10-14-6-7-16-15(8-14)20-18(22)11-23-16/h2-8H,9-11H2,1H3,(H,19,21)(H,20,22). The highest BCUT2D eigenvalue weighted by atomic mass is 16.5. The molecule has 0 saturated carbocycles. The van der Waals surface area contributed by atoms with Crippen molar-refractivity contribution < 1.29 is 14.3 Å². The molecule has 0 aromatic heterocycles. The lowest BCUT2D eigenvalue weighted by atomic mass is 10.1. The van der Waals surface area contributed by atoms with Crippen LogP contribution in [0.15, 0.2) is 42.5 Å². The van der Waals surface area contributed by atoms with E-state index in [2.05, 4.69) is 10.6 Å². The van der Waals surface area contributed by atoms with Crippen molar-refractivity contribution in [2.75, 3.05) is 11.9 Å². The molecule has 0 atom stereocenters. The maximum Gasteiger partial charge on any atom is 0.262 e. The van der Waals surface area contributed by atoms with Crippen LogP contribution in [0.4, 0.5) is 5.69 Å². The second-order valence-corrected chi connectivity index (χ2v) is 5.61. The molecule has 2 N–H and O–H groups in total. The van der Waals surface area contributed by atoms with Crippen molar-refractivity contribution in [3.8, 4) is 5.75 Å². The van der Waals surface area contributed by atoms with E-state index in [4.69, 9.17) is 4.74 Å². The average molecular weight is 310 g/mol. The molecular formula is C18H18N2O3. The number of rotatable bonds is 4. The summed E-state index contributed by atoms with van der Waals surface area (Å²) in [6, 6.07) is 13.4. The summed E-state index contributed by atoms with van der Waals surface area (Å²) in [4.78, 5) is 23.3. The van der Waals surface area contributed by atoms with Crippen LogP contribution in [0.25, 0.3) is 0 Å². The third kappa shape index (κ3) is 3.88. The first kappa shape index (κ1) is 15.1. The lowest BCUT2D eigenvalue weighted by molar-refractivity contribution is -0.120. The number of benzene rings is 2. The molecule has 0 spiro atoms. The van der Waals surface area contributed by atoms with Crippen LogP contribution in [0.5, 0.6) is 5.75 Å². The Hall–Kier alpha value is -2.82. The highest BCUT2D eigenvalue weighted by Crippen LogP contribution is 2.28. The van der Waals surface area contributed by atoms with Gasteiger partial charge in [0.05, 0.1) is 12.1 Å². The molecule has 2 aromatic carbocycles. The Morgan fingerprint density at radius 2 is 1.91 bits per heavy atom. The first-order valence-corrected chi connectivity index (χ1v) is 7.48. The van der Waals surface area contributed by atoms with Crippen molar-refractivity contribution in [3.05, 3.63) is 59.2 Å². The molecule has 0 unspecified atom stereocenters. The number of hydrogen-bond donors (Lipinski definition) is 2. The minimum atomic E-state index is -0.168. The van der Waals surface area contributed by atoms with Crippen LogP contribution in [0.3, 0.4) is 0 Å².